The third-order valence-corrected chi connectivity index (χ3v) is 10.0. The summed E-state index contributed by atoms with van der Waals surface area (Å²) < 4.78 is 29.1. The molecule has 0 bridgehead atoms. The van der Waals surface area contributed by atoms with Crippen LogP contribution in [0, 0.1) is 13.8 Å². The lowest BCUT2D eigenvalue weighted by Gasteiger charge is -2.34. The first kappa shape index (κ1) is 31.9. The molecule has 0 radical (unpaired) electrons. The number of hydrogen-bond acceptors (Lipinski definition) is 4. The molecule has 1 atom stereocenters. The summed E-state index contributed by atoms with van der Waals surface area (Å²) in [5.41, 5.74) is 2.82. The van der Waals surface area contributed by atoms with Crippen LogP contribution >= 0.6 is 23.2 Å². The van der Waals surface area contributed by atoms with Crippen LogP contribution in [0.3, 0.4) is 0 Å². The van der Waals surface area contributed by atoms with Crippen molar-refractivity contribution in [2.24, 2.45) is 0 Å². The maximum absolute atomic E-state index is 14.2. The Bertz CT molecular complexity index is 1510. The van der Waals surface area contributed by atoms with Gasteiger partial charge in [0.1, 0.15) is 12.6 Å². The summed E-state index contributed by atoms with van der Waals surface area (Å²) in [6.45, 7) is 5.12. The molecule has 0 spiro atoms. The van der Waals surface area contributed by atoms with Crippen molar-refractivity contribution in [1.29, 1.82) is 0 Å². The van der Waals surface area contributed by atoms with Gasteiger partial charge in [0.25, 0.3) is 10.0 Å². The van der Waals surface area contributed by atoms with E-state index in [9.17, 15) is 18.0 Å². The number of carbonyl (C=O) groups excluding carboxylic acids is 2. The minimum Gasteiger partial charge on any atom is -0.352 e. The first-order valence-electron chi connectivity index (χ1n) is 14.2. The van der Waals surface area contributed by atoms with Gasteiger partial charge in [-0.15, -0.1) is 0 Å². The maximum atomic E-state index is 14.2. The molecule has 1 aliphatic rings. The Kier molecular flexibility index (Phi) is 10.6. The molecule has 1 saturated carbocycles. The number of hydrogen-bond donors (Lipinski definition) is 1. The Morgan fingerprint density at radius 3 is 2.10 bits per heavy atom. The van der Waals surface area contributed by atoms with Crippen molar-refractivity contribution in [2.45, 2.75) is 76.4 Å². The Hall–Kier alpha value is -3.07. The van der Waals surface area contributed by atoms with Gasteiger partial charge in [0.05, 0.1) is 10.6 Å². The van der Waals surface area contributed by atoms with Crippen LogP contribution < -0.4 is 9.62 Å². The molecule has 0 aliphatic heterocycles. The predicted molar refractivity (Wildman–Crippen MR) is 168 cm³/mol. The minimum absolute atomic E-state index is 0.0117. The number of halogens is 2. The van der Waals surface area contributed by atoms with Crippen LogP contribution in [0.2, 0.25) is 10.0 Å². The lowest BCUT2D eigenvalue weighted by Crippen LogP contribution is -2.53. The van der Waals surface area contributed by atoms with Crippen molar-refractivity contribution in [3.05, 3.63) is 93.5 Å². The summed E-state index contributed by atoms with van der Waals surface area (Å²) in [6.07, 6.45) is 4.23. The number of benzene rings is 3. The molecule has 1 N–H and O–H groups in total. The minimum atomic E-state index is -4.13. The van der Waals surface area contributed by atoms with Crippen LogP contribution in [-0.2, 0) is 26.2 Å². The van der Waals surface area contributed by atoms with Gasteiger partial charge < -0.3 is 10.2 Å². The summed E-state index contributed by atoms with van der Waals surface area (Å²) in [4.78, 5) is 29.3. The second-order valence-electron chi connectivity index (χ2n) is 10.8. The number of carbonyl (C=O) groups is 2. The highest BCUT2D eigenvalue weighted by atomic mass is 35.5. The van der Waals surface area contributed by atoms with E-state index in [-0.39, 0.29) is 23.4 Å². The molecule has 10 heteroatoms. The van der Waals surface area contributed by atoms with Crippen LogP contribution in [-0.4, -0.2) is 43.8 Å². The number of nitrogens with one attached hydrogen (secondary N) is 1. The van der Waals surface area contributed by atoms with Gasteiger partial charge in [-0.3, -0.25) is 13.9 Å². The second kappa shape index (κ2) is 13.9. The number of aryl methyl sites for hydroxylation is 2. The third-order valence-electron chi connectivity index (χ3n) is 7.65. The SMILES string of the molecule is CCC(C(=O)NC1CCCC1)N(Cc1ccc(Cl)cc1Cl)C(=O)CN(c1ccc(C)cc1)S(=O)(=O)c1ccc(C)cc1. The largest absolute Gasteiger partial charge is 0.352 e. The zero-order valence-electron chi connectivity index (χ0n) is 24.1. The summed E-state index contributed by atoms with van der Waals surface area (Å²) in [7, 11) is -4.13. The Labute approximate surface area is 258 Å². The van der Waals surface area contributed by atoms with Crippen molar-refractivity contribution in [3.8, 4) is 0 Å². The zero-order chi connectivity index (χ0) is 30.4. The molecule has 0 aromatic heterocycles. The number of sulfonamides is 1. The molecule has 3 aromatic rings. The van der Waals surface area contributed by atoms with Crippen LogP contribution in [0.15, 0.2) is 71.6 Å². The summed E-state index contributed by atoms with van der Waals surface area (Å²) in [6, 6.07) is 17.7. The first-order chi connectivity index (χ1) is 20.0. The van der Waals surface area contributed by atoms with Gasteiger partial charge in [-0.2, -0.15) is 0 Å². The van der Waals surface area contributed by atoms with Gasteiger partial charge in [-0.25, -0.2) is 8.42 Å². The highest BCUT2D eigenvalue weighted by Crippen LogP contribution is 2.28. The molecule has 224 valence electrons. The quantitative estimate of drug-likeness (QED) is 0.256. The topological polar surface area (TPSA) is 86.8 Å². The molecule has 3 aromatic carbocycles. The van der Waals surface area contributed by atoms with Gasteiger partial charge in [0.2, 0.25) is 11.8 Å². The lowest BCUT2D eigenvalue weighted by molar-refractivity contribution is -0.140. The van der Waals surface area contributed by atoms with Crippen LogP contribution in [0.1, 0.15) is 55.7 Å². The van der Waals surface area contributed by atoms with Gasteiger partial charge >= 0.3 is 0 Å². The van der Waals surface area contributed by atoms with Gasteiger partial charge in [0, 0.05) is 22.6 Å². The van der Waals surface area contributed by atoms with E-state index in [0.717, 1.165) is 41.1 Å². The van der Waals surface area contributed by atoms with Crippen molar-refractivity contribution in [1.82, 2.24) is 10.2 Å². The molecular weight excluding hydrogens is 593 g/mol. The van der Waals surface area contributed by atoms with Crippen LogP contribution in [0.25, 0.3) is 0 Å². The van der Waals surface area contributed by atoms with Crippen LogP contribution in [0.4, 0.5) is 5.69 Å². The molecule has 0 heterocycles. The Morgan fingerprint density at radius 2 is 1.52 bits per heavy atom. The Balaban J connectivity index is 1.73. The van der Waals surface area contributed by atoms with E-state index in [1.807, 2.05) is 20.8 Å². The fourth-order valence-electron chi connectivity index (χ4n) is 5.20. The van der Waals surface area contributed by atoms with E-state index in [4.69, 9.17) is 23.2 Å². The van der Waals surface area contributed by atoms with Gasteiger partial charge in [-0.1, -0.05) is 84.4 Å². The number of amides is 2. The summed E-state index contributed by atoms with van der Waals surface area (Å²) in [5, 5.41) is 3.91. The zero-order valence-corrected chi connectivity index (χ0v) is 26.5. The fraction of sp³-hybridized carbons (Fsp3) is 0.375. The molecule has 2 amide bonds. The molecule has 1 aliphatic carbocycles. The maximum Gasteiger partial charge on any atom is 0.264 e. The standard InChI is InChI=1S/C32H37Cl2N3O4S/c1-4-30(32(39)35-26-7-5-6-8-26)36(20-24-13-14-25(33)19-29(24)34)31(38)21-37(27-15-9-22(2)10-16-27)42(40,41)28-17-11-23(3)12-18-28/h9-19,26,30H,4-8,20-21H2,1-3H3,(H,35,39). The van der Waals surface area contributed by atoms with E-state index >= 15 is 0 Å². The van der Waals surface area contributed by atoms with E-state index < -0.39 is 28.5 Å². The molecule has 1 unspecified atom stereocenters. The molecule has 1 fully saturated rings. The van der Waals surface area contributed by atoms with E-state index in [2.05, 4.69) is 5.32 Å². The highest BCUT2D eigenvalue weighted by Gasteiger charge is 2.34. The van der Waals surface area contributed by atoms with Crippen molar-refractivity contribution in [2.75, 3.05) is 10.8 Å². The van der Waals surface area contributed by atoms with E-state index in [1.165, 1.54) is 17.0 Å². The highest BCUT2D eigenvalue weighted by molar-refractivity contribution is 7.92. The Morgan fingerprint density at radius 1 is 0.929 bits per heavy atom. The normalized spacial score (nSPS) is 14.4. The van der Waals surface area contributed by atoms with E-state index in [0.29, 0.717) is 27.7 Å². The van der Waals surface area contributed by atoms with Crippen molar-refractivity contribution < 1.29 is 18.0 Å². The smallest absolute Gasteiger partial charge is 0.264 e. The molecule has 7 nitrogen and oxygen atoms in total. The lowest BCUT2D eigenvalue weighted by atomic mass is 10.1. The molecular formula is C32H37Cl2N3O4S. The number of rotatable bonds is 11. The third kappa shape index (κ3) is 7.65. The van der Waals surface area contributed by atoms with Gasteiger partial charge in [0.15, 0.2) is 0 Å². The van der Waals surface area contributed by atoms with Gasteiger partial charge in [-0.05, 0) is 75.1 Å². The predicted octanol–water partition coefficient (Wildman–Crippen LogP) is 6.67. The average molecular weight is 631 g/mol. The van der Waals surface area contributed by atoms with Crippen molar-refractivity contribution in [3.63, 3.8) is 0 Å². The molecule has 4 rings (SSSR count). The van der Waals surface area contributed by atoms with Crippen LogP contribution in [0.5, 0.6) is 0 Å². The van der Waals surface area contributed by atoms with Crippen molar-refractivity contribution >= 4 is 50.7 Å². The summed E-state index contributed by atoms with van der Waals surface area (Å²) >= 11 is 12.6. The monoisotopic (exact) mass is 629 g/mol. The second-order valence-corrected chi connectivity index (χ2v) is 13.5. The molecule has 42 heavy (non-hydrogen) atoms. The first-order valence-corrected chi connectivity index (χ1v) is 16.4. The molecule has 0 saturated heterocycles. The fourth-order valence-corrected chi connectivity index (χ4v) is 7.08. The number of nitrogens with zero attached hydrogens (tertiary/aromatic N) is 2. The number of anilines is 1. The summed E-state index contributed by atoms with van der Waals surface area (Å²) in [5.74, 6) is -0.781. The van der Waals surface area contributed by atoms with E-state index in [1.54, 1.807) is 54.6 Å². The average Bonchev–Trinajstić information content (AvgIpc) is 3.46.